The van der Waals surface area contributed by atoms with Crippen molar-refractivity contribution in [2.45, 2.75) is 6.10 Å². The van der Waals surface area contributed by atoms with Gasteiger partial charge >= 0.3 is 0 Å². The molecule has 3 N–H and O–H groups in total. The quantitative estimate of drug-likeness (QED) is 0.184. The third-order valence-corrected chi connectivity index (χ3v) is 6.01. The monoisotopic (exact) mass is 480 g/mol. The number of hydrogen-bond acceptors (Lipinski definition) is 5. The molecule has 0 bridgehead atoms. The first-order chi connectivity index (χ1) is 17.7. The van der Waals surface area contributed by atoms with E-state index < -0.39 is 6.10 Å². The van der Waals surface area contributed by atoms with Crippen LogP contribution >= 0.6 is 0 Å². The Morgan fingerprint density at radius 2 is 1.53 bits per heavy atom. The summed E-state index contributed by atoms with van der Waals surface area (Å²) in [6, 6.07) is 30.4. The molecule has 0 aliphatic rings. The molecule has 1 aromatic heterocycles. The number of nitrogens with one attached hydrogen (secondary N) is 2. The van der Waals surface area contributed by atoms with Gasteiger partial charge in [0, 0.05) is 34.9 Å². The molecule has 0 saturated heterocycles. The molecule has 1 heterocycles. The van der Waals surface area contributed by atoms with E-state index in [1.807, 2.05) is 66.7 Å². The average Bonchev–Trinajstić information content (AvgIpc) is 3.31. The van der Waals surface area contributed by atoms with Crippen LogP contribution in [-0.4, -0.2) is 48.3 Å². The molecular weight excluding hydrogens is 452 g/mol. The maximum Gasteiger partial charge on any atom is 0.196 e. The molecule has 0 radical (unpaired) electrons. The molecule has 1 atom stereocenters. The van der Waals surface area contributed by atoms with E-state index >= 15 is 0 Å². The molecule has 182 valence electrons. The van der Waals surface area contributed by atoms with Crippen LogP contribution in [0.25, 0.3) is 21.8 Å². The van der Waals surface area contributed by atoms with Crippen LogP contribution in [0.5, 0.6) is 11.5 Å². The van der Waals surface area contributed by atoms with Gasteiger partial charge in [-0.25, -0.2) is 0 Å². The zero-order valence-corrected chi connectivity index (χ0v) is 19.8. The topological polar surface area (TPSA) is 83.6 Å². The summed E-state index contributed by atoms with van der Waals surface area (Å²) < 4.78 is 11.9. The second-order valence-electron chi connectivity index (χ2n) is 8.56. The number of hydrogen-bond donors (Lipinski definition) is 3. The summed E-state index contributed by atoms with van der Waals surface area (Å²) in [5.41, 5.74) is 3.21. The predicted molar refractivity (Wildman–Crippen MR) is 142 cm³/mol. The van der Waals surface area contributed by atoms with Crippen molar-refractivity contribution in [3.63, 3.8) is 0 Å². The Bertz CT molecular complexity index is 1460. The Labute approximate surface area is 209 Å². The number of rotatable bonds is 11. The van der Waals surface area contributed by atoms with Crippen LogP contribution in [-0.2, 0) is 0 Å². The van der Waals surface area contributed by atoms with Gasteiger partial charge < -0.3 is 24.9 Å². The third-order valence-electron chi connectivity index (χ3n) is 6.01. The fourth-order valence-corrected chi connectivity index (χ4v) is 4.26. The number of aromatic nitrogens is 1. The maximum atomic E-state index is 12.8. The van der Waals surface area contributed by atoms with Gasteiger partial charge in [0.05, 0.1) is 11.1 Å². The SMILES string of the molecule is O=C(c1ccccc1)c1ccccc1OCCNCC(O)COc1cccc2[nH]c3ccccc3c12. The molecule has 0 saturated carbocycles. The number of para-hydroxylation sites is 2. The van der Waals surface area contributed by atoms with Crippen molar-refractivity contribution in [3.8, 4) is 11.5 Å². The van der Waals surface area contributed by atoms with Crippen LogP contribution in [0.2, 0.25) is 0 Å². The van der Waals surface area contributed by atoms with Crippen molar-refractivity contribution in [3.05, 3.63) is 108 Å². The highest BCUT2D eigenvalue weighted by Gasteiger charge is 2.14. The molecule has 6 heteroatoms. The van der Waals surface area contributed by atoms with Crippen LogP contribution in [0.4, 0.5) is 0 Å². The minimum atomic E-state index is -0.683. The molecule has 5 rings (SSSR count). The van der Waals surface area contributed by atoms with Crippen molar-refractivity contribution in [2.75, 3.05) is 26.3 Å². The zero-order chi connectivity index (χ0) is 24.7. The highest BCUT2D eigenvalue weighted by atomic mass is 16.5. The van der Waals surface area contributed by atoms with E-state index in [0.29, 0.717) is 36.6 Å². The minimum Gasteiger partial charge on any atom is -0.491 e. The Morgan fingerprint density at radius 1 is 0.806 bits per heavy atom. The lowest BCUT2D eigenvalue weighted by molar-refractivity contribution is 0.103. The van der Waals surface area contributed by atoms with Gasteiger partial charge in [-0.2, -0.15) is 0 Å². The van der Waals surface area contributed by atoms with Crippen molar-refractivity contribution < 1.29 is 19.4 Å². The Balaban J connectivity index is 1.11. The summed E-state index contributed by atoms with van der Waals surface area (Å²) in [4.78, 5) is 16.2. The first-order valence-corrected chi connectivity index (χ1v) is 12.0. The van der Waals surface area contributed by atoms with Crippen LogP contribution in [0.3, 0.4) is 0 Å². The second kappa shape index (κ2) is 11.1. The Morgan fingerprint density at radius 3 is 2.42 bits per heavy atom. The summed E-state index contributed by atoms with van der Waals surface area (Å²) in [5.74, 6) is 1.22. The molecular formula is C30H28N2O4. The number of benzene rings is 4. The molecule has 36 heavy (non-hydrogen) atoms. The molecule has 0 aliphatic heterocycles. The Kier molecular flexibility index (Phi) is 7.26. The first kappa shape index (κ1) is 23.6. The van der Waals surface area contributed by atoms with Gasteiger partial charge in [-0.3, -0.25) is 4.79 Å². The van der Waals surface area contributed by atoms with E-state index in [2.05, 4.69) is 16.4 Å². The summed E-state index contributed by atoms with van der Waals surface area (Å²) in [6.45, 7) is 1.41. The summed E-state index contributed by atoms with van der Waals surface area (Å²) in [5, 5.41) is 15.7. The molecule has 5 aromatic rings. The van der Waals surface area contributed by atoms with Crippen LogP contribution in [0.15, 0.2) is 97.1 Å². The van der Waals surface area contributed by atoms with E-state index in [1.54, 1.807) is 24.3 Å². The second-order valence-corrected chi connectivity index (χ2v) is 8.56. The van der Waals surface area contributed by atoms with Gasteiger partial charge in [0.1, 0.15) is 30.8 Å². The van der Waals surface area contributed by atoms with E-state index in [1.165, 1.54) is 0 Å². The number of ether oxygens (including phenoxy) is 2. The number of aliphatic hydroxyl groups is 1. The van der Waals surface area contributed by atoms with E-state index in [-0.39, 0.29) is 12.4 Å². The van der Waals surface area contributed by atoms with E-state index in [4.69, 9.17) is 9.47 Å². The van der Waals surface area contributed by atoms with Crippen molar-refractivity contribution >= 4 is 27.6 Å². The largest absolute Gasteiger partial charge is 0.491 e. The molecule has 0 spiro atoms. The standard InChI is InChI=1S/C30H28N2O4/c33-22(20-36-28-16-8-14-26-29(28)23-11-4-6-13-25(23)32-26)19-31-17-18-35-27-15-7-5-12-24(27)30(34)21-9-2-1-3-10-21/h1-16,22,31-33H,17-20H2. The van der Waals surface area contributed by atoms with Gasteiger partial charge in [-0.1, -0.05) is 66.7 Å². The molecule has 1 unspecified atom stereocenters. The molecule has 4 aromatic carbocycles. The highest BCUT2D eigenvalue weighted by molar-refractivity contribution is 6.11. The minimum absolute atomic E-state index is 0.0723. The fraction of sp³-hybridized carbons (Fsp3) is 0.167. The van der Waals surface area contributed by atoms with Crippen molar-refractivity contribution in [1.82, 2.24) is 10.3 Å². The van der Waals surface area contributed by atoms with Gasteiger partial charge in [-0.15, -0.1) is 0 Å². The lowest BCUT2D eigenvalue weighted by Crippen LogP contribution is -2.33. The predicted octanol–water partition coefficient (Wildman–Crippen LogP) is 4.96. The average molecular weight is 481 g/mol. The zero-order valence-electron chi connectivity index (χ0n) is 19.8. The first-order valence-electron chi connectivity index (χ1n) is 12.0. The van der Waals surface area contributed by atoms with Crippen molar-refractivity contribution in [2.24, 2.45) is 0 Å². The number of carbonyl (C=O) groups excluding carboxylic acids is 1. The molecule has 0 aliphatic carbocycles. The van der Waals surface area contributed by atoms with Gasteiger partial charge in [0.15, 0.2) is 5.78 Å². The van der Waals surface area contributed by atoms with Crippen LogP contribution < -0.4 is 14.8 Å². The number of aromatic amines is 1. The molecule has 0 fully saturated rings. The van der Waals surface area contributed by atoms with E-state index in [9.17, 15) is 9.90 Å². The molecule has 0 amide bonds. The maximum absolute atomic E-state index is 12.8. The van der Waals surface area contributed by atoms with E-state index in [0.717, 1.165) is 27.6 Å². The Hall–Kier alpha value is -4.13. The van der Waals surface area contributed by atoms with Crippen LogP contribution in [0, 0.1) is 0 Å². The fourth-order valence-electron chi connectivity index (χ4n) is 4.26. The lowest BCUT2D eigenvalue weighted by atomic mass is 10.0. The van der Waals surface area contributed by atoms with Gasteiger partial charge in [0.2, 0.25) is 0 Å². The van der Waals surface area contributed by atoms with Gasteiger partial charge in [0.25, 0.3) is 0 Å². The lowest BCUT2D eigenvalue weighted by Gasteiger charge is -2.15. The highest BCUT2D eigenvalue weighted by Crippen LogP contribution is 2.33. The molecule has 6 nitrogen and oxygen atoms in total. The summed E-state index contributed by atoms with van der Waals surface area (Å²) in [7, 11) is 0. The van der Waals surface area contributed by atoms with Crippen molar-refractivity contribution in [1.29, 1.82) is 0 Å². The normalized spacial score (nSPS) is 12.0. The van der Waals surface area contributed by atoms with Crippen LogP contribution in [0.1, 0.15) is 15.9 Å². The summed E-state index contributed by atoms with van der Waals surface area (Å²) in [6.07, 6.45) is -0.683. The number of fused-ring (bicyclic) bond motifs is 3. The smallest absolute Gasteiger partial charge is 0.196 e. The number of H-pyrrole nitrogens is 1. The number of carbonyl (C=O) groups is 1. The number of ketones is 1. The van der Waals surface area contributed by atoms with Gasteiger partial charge in [-0.05, 0) is 30.3 Å². The third kappa shape index (κ3) is 5.25. The summed E-state index contributed by atoms with van der Waals surface area (Å²) >= 11 is 0. The number of aliphatic hydroxyl groups excluding tert-OH is 1.